The number of aryl methyl sites for hydroxylation is 5. The van der Waals surface area contributed by atoms with Crippen LogP contribution in [-0.2, 0) is 6.42 Å². The summed E-state index contributed by atoms with van der Waals surface area (Å²) in [6.07, 6.45) is 3.72. The second-order valence-electron chi connectivity index (χ2n) is 8.14. The Balaban J connectivity index is 1.83. The Morgan fingerprint density at radius 3 is 2.27 bits per heavy atom. The molecule has 0 radical (unpaired) electrons. The standard InChI is InChI=1S/C22H26N4/c1-12-10-13(2)19(14(3)11-12)20-16(5)24-26-21(20)23-15(4)18-8-9-25(22(18)26)17-6-7-17/h10-11,17H,6-9H2,1-5H3. The Bertz CT molecular complexity index is 1030. The molecule has 5 rings (SSSR count). The SMILES string of the molecule is Cc1cc(C)c(-c2c(C)nn3c4c(c(C)nc23)CCN4C2CC2)c(C)c1. The van der Waals surface area contributed by atoms with Crippen LogP contribution in [0.15, 0.2) is 12.1 Å². The predicted octanol–water partition coefficient (Wildman–Crippen LogP) is 4.46. The van der Waals surface area contributed by atoms with Gasteiger partial charge in [0.25, 0.3) is 0 Å². The number of rotatable bonds is 2. The van der Waals surface area contributed by atoms with Crippen LogP contribution in [0, 0.1) is 34.6 Å². The van der Waals surface area contributed by atoms with Crippen LogP contribution in [0.3, 0.4) is 0 Å². The van der Waals surface area contributed by atoms with Gasteiger partial charge in [-0.1, -0.05) is 17.7 Å². The largest absolute Gasteiger partial charge is 0.353 e. The number of hydrogen-bond donors (Lipinski definition) is 0. The fraction of sp³-hybridized carbons (Fsp3) is 0.455. The van der Waals surface area contributed by atoms with Gasteiger partial charge in [0.1, 0.15) is 5.82 Å². The van der Waals surface area contributed by atoms with Crippen molar-refractivity contribution in [1.82, 2.24) is 14.6 Å². The maximum absolute atomic E-state index is 5.04. The van der Waals surface area contributed by atoms with Crippen LogP contribution in [0.2, 0.25) is 0 Å². The lowest BCUT2D eigenvalue weighted by molar-refractivity contribution is 0.791. The zero-order chi connectivity index (χ0) is 18.2. The molecule has 0 bridgehead atoms. The van der Waals surface area contributed by atoms with E-state index in [0.29, 0.717) is 6.04 Å². The van der Waals surface area contributed by atoms with Crippen molar-refractivity contribution in [3.8, 4) is 11.1 Å². The van der Waals surface area contributed by atoms with Gasteiger partial charge in [0, 0.05) is 23.8 Å². The fourth-order valence-electron chi connectivity index (χ4n) is 4.82. The van der Waals surface area contributed by atoms with E-state index in [-0.39, 0.29) is 0 Å². The third-order valence-electron chi connectivity index (χ3n) is 6.01. The molecule has 1 aromatic carbocycles. The second kappa shape index (κ2) is 5.32. The molecule has 3 heterocycles. The third-order valence-corrected chi connectivity index (χ3v) is 6.01. The van der Waals surface area contributed by atoms with Crippen molar-refractivity contribution in [3.63, 3.8) is 0 Å². The minimum absolute atomic E-state index is 0.706. The van der Waals surface area contributed by atoms with Crippen LogP contribution < -0.4 is 4.90 Å². The van der Waals surface area contributed by atoms with Crippen molar-refractivity contribution >= 4 is 11.5 Å². The van der Waals surface area contributed by atoms with E-state index in [0.717, 1.165) is 24.3 Å². The molecule has 0 amide bonds. The van der Waals surface area contributed by atoms with Crippen LogP contribution in [0.5, 0.6) is 0 Å². The number of hydrogen-bond acceptors (Lipinski definition) is 3. The van der Waals surface area contributed by atoms with E-state index < -0.39 is 0 Å². The van der Waals surface area contributed by atoms with E-state index in [4.69, 9.17) is 10.1 Å². The molecule has 1 saturated carbocycles. The summed E-state index contributed by atoms with van der Waals surface area (Å²) in [7, 11) is 0. The summed E-state index contributed by atoms with van der Waals surface area (Å²) >= 11 is 0. The predicted molar refractivity (Wildman–Crippen MR) is 106 cm³/mol. The van der Waals surface area contributed by atoms with Crippen molar-refractivity contribution in [3.05, 3.63) is 45.8 Å². The maximum atomic E-state index is 5.04. The van der Waals surface area contributed by atoms with Crippen molar-refractivity contribution < 1.29 is 0 Å². The summed E-state index contributed by atoms with van der Waals surface area (Å²) in [5.74, 6) is 1.30. The first kappa shape index (κ1) is 15.9. The van der Waals surface area contributed by atoms with Crippen LogP contribution in [0.1, 0.15) is 46.5 Å². The van der Waals surface area contributed by atoms with Crippen LogP contribution in [0.4, 0.5) is 5.82 Å². The maximum Gasteiger partial charge on any atom is 0.165 e. The van der Waals surface area contributed by atoms with E-state index in [1.54, 1.807) is 0 Å². The third kappa shape index (κ3) is 2.14. The zero-order valence-electron chi connectivity index (χ0n) is 16.3. The summed E-state index contributed by atoms with van der Waals surface area (Å²) in [5, 5.41) is 4.98. The van der Waals surface area contributed by atoms with Gasteiger partial charge in [0.05, 0.1) is 11.3 Å². The number of benzene rings is 1. The van der Waals surface area contributed by atoms with Gasteiger partial charge in [0.2, 0.25) is 0 Å². The van der Waals surface area contributed by atoms with Gasteiger partial charge in [0.15, 0.2) is 5.65 Å². The molecule has 2 aliphatic rings. The molecule has 134 valence electrons. The molecular formula is C22H26N4. The Kier molecular flexibility index (Phi) is 3.25. The molecule has 1 fully saturated rings. The molecule has 0 unspecified atom stereocenters. The average Bonchev–Trinajstić information content (AvgIpc) is 3.23. The molecule has 3 aromatic rings. The molecule has 1 aliphatic carbocycles. The molecular weight excluding hydrogens is 320 g/mol. The minimum Gasteiger partial charge on any atom is -0.353 e. The highest BCUT2D eigenvalue weighted by atomic mass is 15.4. The molecule has 0 N–H and O–H groups in total. The van der Waals surface area contributed by atoms with Gasteiger partial charge in [-0.15, -0.1) is 0 Å². The molecule has 2 aromatic heterocycles. The average molecular weight is 346 g/mol. The van der Waals surface area contributed by atoms with E-state index in [1.807, 2.05) is 0 Å². The zero-order valence-corrected chi connectivity index (χ0v) is 16.3. The van der Waals surface area contributed by atoms with Crippen LogP contribution in [-0.4, -0.2) is 27.2 Å². The van der Waals surface area contributed by atoms with Gasteiger partial charge in [-0.2, -0.15) is 9.61 Å². The van der Waals surface area contributed by atoms with Crippen molar-refractivity contribution in [2.75, 3.05) is 11.4 Å². The minimum atomic E-state index is 0.706. The summed E-state index contributed by atoms with van der Waals surface area (Å²) in [6.45, 7) is 12.0. The van der Waals surface area contributed by atoms with E-state index in [1.165, 1.54) is 57.7 Å². The highest BCUT2D eigenvalue weighted by Gasteiger charge is 2.37. The van der Waals surface area contributed by atoms with E-state index in [2.05, 4.69) is 56.2 Å². The summed E-state index contributed by atoms with van der Waals surface area (Å²) in [6, 6.07) is 5.24. The Labute approximate surface area is 154 Å². The van der Waals surface area contributed by atoms with E-state index >= 15 is 0 Å². The lowest BCUT2D eigenvalue weighted by Crippen LogP contribution is -2.25. The topological polar surface area (TPSA) is 33.4 Å². The van der Waals surface area contributed by atoms with Crippen LogP contribution in [0.25, 0.3) is 16.8 Å². The van der Waals surface area contributed by atoms with Gasteiger partial charge in [-0.3, -0.25) is 0 Å². The van der Waals surface area contributed by atoms with Gasteiger partial charge in [-0.05, 0) is 70.6 Å². The van der Waals surface area contributed by atoms with E-state index in [9.17, 15) is 0 Å². The Morgan fingerprint density at radius 2 is 1.62 bits per heavy atom. The smallest absolute Gasteiger partial charge is 0.165 e. The Morgan fingerprint density at radius 1 is 0.923 bits per heavy atom. The summed E-state index contributed by atoms with van der Waals surface area (Å²) in [4.78, 5) is 7.61. The number of anilines is 1. The Hall–Kier alpha value is -2.36. The highest BCUT2D eigenvalue weighted by Crippen LogP contribution is 2.41. The monoisotopic (exact) mass is 346 g/mol. The molecule has 1 aliphatic heterocycles. The first-order valence-electron chi connectivity index (χ1n) is 9.69. The summed E-state index contributed by atoms with van der Waals surface area (Å²) < 4.78 is 2.14. The van der Waals surface area contributed by atoms with Gasteiger partial charge >= 0.3 is 0 Å². The number of aromatic nitrogens is 3. The molecule has 0 atom stereocenters. The first-order chi connectivity index (χ1) is 12.5. The lowest BCUT2D eigenvalue weighted by Gasteiger charge is -2.19. The molecule has 4 nitrogen and oxygen atoms in total. The molecule has 0 saturated heterocycles. The van der Waals surface area contributed by atoms with Crippen molar-refractivity contribution in [2.45, 2.75) is 59.9 Å². The molecule has 26 heavy (non-hydrogen) atoms. The van der Waals surface area contributed by atoms with Crippen molar-refractivity contribution in [1.29, 1.82) is 0 Å². The lowest BCUT2D eigenvalue weighted by atomic mass is 9.94. The van der Waals surface area contributed by atoms with Gasteiger partial charge < -0.3 is 4.90 Å². The normalized spacial score (nSPS) is 16.6. The number of fused-ring (bicyclic) bond motifs is 3. The highest BCUT2D eigenvalue weighted by molar-refractivity contribution is 5.85. The first-order valence-corrected chi connectivity index (χ1v) is 9.69. The molecule has 4 heteroatoms. The van der Waals surface area contributed by atoms with Crippen LogP contribution >= 0.6 is 0 Å². The summed E-state index contributed by atoms with van der Waals surface area (Å²) in [5.41, 5.74) is 11.1. The molecule has 0 spiro atoms. The van der Waals surface area contributed by atoms with Crippen molar-refractivity contribution in [2.24, 2.45) is 0 Å². The number of nitrogens with zero attached hydrogens (tertiary/aromatic N) is 4. The van der Waals surface area contributed by atoms with Gasteiger partial charge in [-0.25, -0.2) is 4.98 Å². The fourth-order valence-corrected chi connectivity index (χ4v) is 4.82. The second-order valence-corrected chi connectivity index (χ2v) is 8.14. The quantitative estimate of drug-likeness (QED) is 0.687.